The number of hydrogen-bond acceptors (Lipinski definition) is 4. The molecular weight excluding hydrogens is 667 g/mol. The number of thiophene rings is 1. The maximum Gasteiger partial charge on any atom is 0.136 e. The third kappa shape index (κ3) is 3.93. The lowest BCUT2D eigenvalue weighted by Crippen LogP contribution is -2.32. The summed E-state index contributed by atoms with van der Waals surface area (Å²) in [6.45, 7) is 0. The first-order valence-electron chi connectivity index (χ1n) is 18.0. The fraction of sp³-hybridized carbons (Fsp3) is 0.0204. The fourth-order valence-corrected chi connectivity index (χ4v) is 10.3. The summed E-state index contributed by atoms with van der Waals surface area (Å²) in [6.07, 6.45) is 0. The molecule has 10 aromatic rings. The Balaban J connectivity index is 1.11. The van der Waals surface area contributed by atoms with E-state index in [4.69, 9.17) is 9.15 Å². The number of fused-ring (bicyclic) bond motifs is 15. The standard InChI is InChI=1S/C49H29NO2S/c1-2-12-30(13-3-1)50(32-22-24-35-34-15-5-11-21-47(34)53-48(35)27-32)31-23-25-43-37(26-31)38-28-42-36(29-46(38)51-43)33-14-4-6-16-39(33)49(42)40-17-7-9-19-44(40)52-45-20-10-8-18-41(45)49/h1-29H. The van der Waals surface area contributed by atoms with Crippen LogP contribution >= 0.6 is 11.3 Å². The van der Waals surface area contributed by atoms with Crippen LogP contribution in [0.5, 0.6) is 11.5 Å². The summed E-state index contributed by atoms with van der Waals surface area (Å²) in [5, 5.41) is 4.78. The number of rotatable bonds is 3. The third-order valence-corrected chi connectivity index (χ3v) is 12.4. The van der Waals surface area contributed by atoms with Gasteiger partial charge in [0.15, 0.2) is 0 Å². The Kier molecular flexibility index (Phi) is 5.86. The van der Waals surface area contributed by atoms with Crippen molar-refractivity contribution in [3.8, 4) is 22.6 Å². The average Bonchev–Trinajstić information content (AvgIpc) is 3.85. The SMILES string of the molecule is c1ccc(N(c2ccc3c(c2)sc2ccccc23)c2ccc3oc4cc5c(cc4c3c2)C2(c3ccccc3Oc3ccccc32)c2ccccc2-5)cc1. The molecule has 248 valence electrons. The highest BCUT2D eigenvalue weighted by Crippen LogP contribution is 2.62. The van der Waals surface area contributed by atoms with Crippen molar-refractivity contribution in [1.29, 1.82) is 0 Å². The van der Waals surface area contributed by atoms with Crippen molar-refractivity contribution >= 4 is 70.5 Å². The van der Waals surface area contributed by atoms with Gasteiger partial charge in [-0.3, -0.25) is 0 Å². The van der Waals surface area contributed by atoms with E-state index in [2.05, 4.69) is 181 Å². The van der Waals surface area contributed by atoms with Crippen LogP contribution in [0.4, 0.5) is 17.1 Å². The number of ether oxygens (including phenoxy) is 1. The molecule has 53 heavy (non-hydrogen) atoms. The number of anilines is 3. The molecule has 2 aliphatic rings. The second-order valence-corrected chi connectivity index (χ2v) is 15.1. The van der Waals surface area contributed by atoms with Gasteiger partial charge in [0.25, 0.3) is 0 Å². The predicted octanol–water partition coefficient (Wildman–Crippen LogP) is 13.9. The second-order valence-electron chi connectivity index (χ2n) is 14.0. The minimum atomic E-state index is -0.539. The molecule has 0 saturated carbocycles. The van der Waals surface area contributed by atoms with E-state index in [-0.39, 0.29) is 0 Å². The van der Waals surface area contributed by atoms with Gasteiger partial charge in [-0.2, -0.15) is 0 Å². The highest BCUT2D eigenvalue weighted by molar-refractivity contribution is 7.25. The van der Waals surface area contributed by atoms with Gasteiger partial charge in [0, 0.05) is 59.1 Å². The first-order chi connectivity index (χ1) is 26.3. The quantitative estimate of drug-likeness (QED) is 0.184. The molecule has 1 aliphatic carbocycles. The van der Waals surface area contributed by atoms with E-state index in [9.17, 15) is 0 Å². The van der Waals surface area contributed by atoms with Crippen molar-refractivity contribution in [2.45, 2.75) is 5.41 Å². The zero-order chi connectivity index (χ0) is 34.7. The van der Waals surface area contributed by atoms with Crippen molar-refractivity contribution in [3.05, 3.63) is 198 Å². The van der Waals surface area contributed by atoms with E-state index in [1.165, 1.54) is 42.4 Å². The number of benzene rings is 8. The molecule has 8 aromatic carbocycles. The zero-order valence-corrected chi connectivity index (χ0v) is 29.2. The Morgan fingerprint density at radius 2 is 1.04 bits per heavy atom. The average molecular weight is 696 g/mol. The molecule has 12 rings (SSSR count). The molecule has 0 bridgehead atoms. The third-order valence-electron chi connectivity index (χ3n) is 11.3. The van der Waals surface area contributed by atoms with Crippen molar-refractivity contribution in [3.63, 3.8) is 0 Å². The molecule has 0 radical (unpaired) electrons. The second kappa shape index (κ2) is 10.7. The van der Waals surface area contributed by atoms with Gasteiger partial charge in [-0.15, -0.1) is 11.3 Å². The van der Waals surface area contributed by atoms with Crippen molar-refractivity contribution < 1.29 is 9.15 Å². The van der Waals surface area contributed by atoms with Crippen LogP contribution in [0.25, 0.3) is 53.2 Å². The number of furan rings is 1. The van der Waals surface area contributed by atoms with E-state index in [0.29, 0.717) is 0 Å². The highest BCUT2D eigenvalue weighted by Gasteiger charge is 2.51. The molecule has 0 saturated heterocycles. The molecule has 4 heteroatoms. The maximum atomic E-state index is 6.70. The van der Waals surface area contributed by atoms with Crippen LogP contribution < -0.4 is 9.64 Å². The van der Waals surface area contributed by atoms with Gasteiger partial charge in [-0.25, -0.2) is 0 Å². The Hall–Kier alpha value is -6.62. The summed E-state index contributed by atoms with van der Waals surface area (Å²) < 4.78 is 15.9. The van der Waals surface area contributed by atoms with Gasteiger partial charge in [0.05, 0.1) is 5.41 Å². The van der Waals surface area contributed by atoms with Crippen LogP contribution in [0.15, 0.2) is 180 Å². The van der Waals surface area contributed by atoms with Crippen LogP contribution in [0, 0.1) is 0 Å². The predicted molar refractivity (Wildman–Crippen MR) is 219 cm³/mol. The van der Waals surface area contributed by atoms with E-state index >= 15 is 0 Å². The minimum absolute atomic E-state index is 0.539. The summed E-state index contributed by atoms with van der Waals surface area (Å²) in [5.41, 5.74) is 11.8. The maximum absolute atomic E-state index is 6.70. The Bertz CT molecular complexity index is 3070. The first-order valence-corrected chi connectivity index (χ1v) is 18.8. The molecule has 3 heterocycles. The summed E-state index contributed by atoms with van der Waals surface area (Å²) in [4.78, 5) is 2.36. The summed E-state index contributed by atoms with van der Waals surface area (Å²) in [7, 11) is 0. The topological polar surface area (TPSA) is 25.6 Å². The van der Waals surface area contributed by atoms with Gasteiger partial charge in [-0.1, -0.05) is 103 Å². The molecule has 3 nitrogen and oxygen atoms in total. The van der Waals surface area contributed by atoms with Crippen molar-refractivity contribution in [2.75, 3.05) is 4.90 Å². The first kappa shape index (κ1) is 29.0. The monoisotopic (exact) mass is 695 g/mol. The molecular formula is C49H29NO2S. The number of nitrogens with zero attached hydrogens (tertiary/aromatic N) is 1. The van der Waals surface area contributed by atoms with Crippen LogP contribution in [-0.4, -0.2) is 0 Å². The van der Waals surface area contributed by atoms with Crippen LogP contribution in [0.3, 0.4) is 0 Å². The fourth-order valence-electron chi connectivity index (χ4n) is 9.13. The molecule has 0 fully saturated rings. The van der Waals surface area contributed by atoms with E-state index < -0.39 is 5.41 Å². The molecule has 0 atom stereocenters. The summed E-state index contributed by atoms with van der Waals surface area (Å²) in [5.74, 6) is 1.78. The van der Waals surface area contributed by atoms with Gasteiger partial charge >= 0.3 is 0 Å². The van der Waals surface area contributed by atoms with E-state index in [1.807, 2.05) is 11.3 Å². The summed E-state index contributed by atoms with van der Waals surface area (Å²) in [6, 6.07) is 63.4. The van der Waals surface area contributed by atoms with Crippen LogP contribution in [-0.2, 0) is 5.41 Å². The van der Waals surface area contributed by atoms with Gasteiger partial charge in [0.1, 0.15) is 22.7 Å². The lowest BCUT2D eigenvalue weighted by molar-refractivity contribution is 0.436. The molecule has 0 unspecified atom stereocenters. The molecule has 1 aliphatic heterocycles. The van der Waals surface area contributed by atoms with Gasteiger partial charge in [-0.05, 0) is 95.1 Å². The zero-order valence-electron chi connectivity index (χ0n) is 28.4. The number of hydrogen-bond donors (Lipinski definition) is 0. The highest BCUT2D eigenvalue weighted by atomic mass is 32.1. The molecule has 0 amide bonds. The Morgan fingerprint density at radius 3 is 1.87 bits per heavy atom. The molecule has 1 spiro atoms. The molecule has 2 aromatic heterocycles. The largest absolute Gasteiger partial charge is 0.457 e. The van der Waals surface area contributed by atoms with Crippen molar-refractivity contribution in [1.82, 2.24) is 0 Å². The minimum Gasteiger partial charge on any atom is -0.457 e. The lowest BCUT2D eigenvalue weighted by Gasteiger charge is -2.39. The Morgan fingerprint density at radius 1 is 0.396 bits per heavy atom. The smallest absolute Gasteiger partial charge is 0.136 e. The van der Waals surface area contributed by atoms with E-state index in [1.54, 1.807) is 0 Å². The molecule has 0 N–H and O–H groups in total. The van der Waals surface area contributed by atoms with Gasteiger partial charge in [0.2, 0.25) is 0 Å². The van der Waals surface area contributed by atoms with Crippen LogP contribution in [0.2, 0.25) is 0 Å². The van der Waals surface area contributed by atoms with Crippen molar-refractivity contribution in [2.24, 2.45) is 0 Å². The normalized spacial score (nSPS) is 13.6. The van der Waals surface area contributed by atoms with Gasteiger partial charge < -0.3 is 14.1 Å². The van der Waals surface area contributed by atoms with Crippen LogP contribution in [0.1, 0.15) is 22.3 Å². The summed E-state index contributed by atoms with van der Waals surface area (Å²) >= 11 is 1.85. The Labute approximate surface area is 309 Å². The van der Waals surface area contributed by atoms with E-state index in [0.717, 1.165) is 61.6 Å². The lowest BCUT2D eigenvalue weighted by atomic mass is 9.66. The number of para-hydroxylation sites is 3.